The number of amides is 1. The molecule has 2 aliphatic rings. The van der Waals surface area contributed by atoms with E-state index in [4.69, 9.17) is 0 Å². The molecule has 0 unspecified atom stereocenters. The largest absolute Gasteiger partial charge is 0.446 e. The molecular weight excluding hydrogens is 521 g/mol. The molecule has 0 bridgehead atoms. The number of nitrogens with one attached hydrogen (secondary N) is 1. The summed E-state index contributed by atoms with van der Waals surface area (Å²) in [5.74, 6) is 0.222. The van der Waals surface area contributed by atoms with E-state index in [2.05, 4.69) is 60.2 Å². The van der Waals surface area contributed by atoms with Crippen LogP contribution in [0.25, 0.3) is 0 Å². The van der Waals surface area contributed by atoms with Crippen LogP contribution in [0.15, 0.2) is 53.4 Å². The molecule has 0 atom stereocenters. The molecule has 39 heavy (non-hydrogen) atoms. The molecule has 0 aliphatic carbocycles. The third-order valence-corrected chi connectivity index (χ3v) is 8.38. The quantitative estimate of drug-likeness (QED) is 0.367. The molecule has 1 amide bonds. The number of carbonyl (C=O) groups excluding carboxylic acids is 1. The van der Waals surface area contributed by atoms with Gasteiger partial charge in [0.25, 0.3) is 0 Å². The summed E-state index contributed by atoms with van der Waals surface area (Å²) in [6.45, 7) is 13.1. The summed E-state index contributed by atoms with van der Waals surface area (Å²) in [4.78, 5) is 19.8. The van der Waals surface area contributed by atoms with Crippen molar-refractivity contribution in [2.24, 2.45) is 0 Å². The van der Waals surface area contributed by atoms with Gasteiger partial charge >= 0.3 is 5.51 Å². The van der Waals surface area contributed by atoms with Gasteiger partial charge in [0.15, 0.2) is 0 Å². The van der Waals surface area contributed by atoms with Gasteiger partial charge in [-0.1, -0.05) is 32.9 Å². The zero-order valence-electron chi connectivity index (χ0n) is 23.3. The van der Waals surface area contributed by atoms with Crippen molar-refractivity contribution in [2.45, 2.75) is 68.3 Å². The molecule has 9 heteroatoms. The van der Waals surface area contributed by atoms with Gasteiger partial charge in [-0.05, 0) is 84.9 Å². The Hall–Kier alpha value is -2.39. The van der Waals surface area contributed by atoms with Crippen molar-refractivity contribution in [3.05, 3.63) is 54.1 Å². The fraction of sp³-hybridized carbons (Fsp3) is 0.567. The number of anilines is 2. The van der Waals surface area contributed by atoms with Gasteiger partial charge < -0.3 is 15.1 Å². The van der Waals surface area contributed by atoms with Gasteiger partial charge in [0, 0.05) is 68.0 Å². The molecular formula is C30H41F3N4OS. The highest BCUT2D eigenvalue weighted by atomic mass is 32.2. The SMILES string of the molecule is CC(C)(C)c1ccc(N2CCN(CCCC(=O)N3CCC(Nc4ccc(SC(F)(F)F)cc4)CC3)CC2)cc1. The summed E-state index contributed by atoms with van der Waals surface area (Å²) >= 11 is -0.103. The van der Waals surface area contributed by atoms with Crippen LogP contribution < -0.4 is 10.2 Å². The van der Waals surface area contributed by atoms with Gasteiger partial charge in [-0.25, -0.2) is 0 Å². The Morgan fingerprint density at radius 2 is 1.51 bits per heavy atom. The minimum Gasteiger partial charge on any atom is -0.382 e. The number of likely N-dealkylation sites (tertiary alicyclic amines) is 1. The van der Waals surface area contributed by atoms with Crippen molar-refractivity contribution >= 4 is 29.0 Å². The number of rotatable bonds is 8. The van der Waals surface area contributed by atoms with Crippen molar-refractivity contribution in [3.63, 3.8) is 0 Å². The van der Waals surface area contributed by atoms with Crippen LogP contribution in [0.1, 0.15) is 52.0 Å². The number of hydrogen-bond donors (Lipinski definition) is 1. The van der Waals surface area contributed by atoms with Crippen molar-refractivity contribution in [1.29, 1.82) is 0 Å². The topological polar surface area (TPSA) is 38.8 Å². The number of hydrogen-bond acceptors (Lipinski definition) is 5. The van der Waals surface area contributed by atoms with Crippen molar-refractivity contribution in [1.82, 2.24) is 9.80 Å². The van der Waals surface area contributed by atoms with Crippen LogP contribution in [0.2, 0.25) is 0 Å². The number of nitrogens with zero attached hydrogens (tertiary/aromatic N) is 3. The van der Waals surface area contributed by atoms with Crippen LogP contribution in [0, 0.1) is 0 Å². The van der Waals surface area contributed by atoms with Crippen LogP contribution in [0.5, 0.6) is 0 Å². The number of alkyl halides is 3. The first-order valence-corrected chi connectivity index (χ1v) is 14.8. The van der Waals surface area contributed by atoms with E-state index >= 15 is 0 Å². The molecule has 2 fully saturated rings. The van der Waals surface area contributed by atoms with Crippen LogP contribution in [-0.2, 0) is 10.2 Å². The molecule has 4 rings (SSSR count). The maximum Gasteiger partial charge on any atom is 0.446 e. The second-order valence-corrected chi connectivity index (χ2v) is 12.7. The lowest BCUT2D eigenvalue weighted by Gasteiger charge is -2.36. The average Bonchev–Trinajstić information content (AvgIpc) is 2.89. The lowest BCUT2D eigenvalue weighted by molar-refractivity contribution is -0.132. The van der Waals surface area contributed by atoms with Crippen LogP contribution >= 0.6 is 11.8 Å². The average molecular weight is 563 g/mol. The second kappa shape index (κ2) is 12.9. The van der Waals surface area contributed by atoms with Crippen molar-refractivity contribution in [2.75, 3.05) is 56.0 Å². The molecule has 2 aromatic rings. The lowest BCUT2D eigenvalue weighted by Crippen LogP contribution is -2.47. The first-order valence-electron chi connectivity index (χ1n) is 13.9. The standard InChI is InChI=1S/C30H41F3N4OS/c1-29(2,3)23-6-10-26(11-7-23)36-21-19-35(20-22-36)16-4-5-28(38)37-17-14-25(15-18-37)34-24-8-12-27(13-9-24)39-30(31,32)33/h6-13,25,34H,4-5,14-22H2,1-3H3. The number of piperidine rings is 1. The van der Waals surface area contributed by atoms with Gasteiger partial charge in [-0.3, -0.25) is 9.69 Å². The summed E-state index contributed by atoms with van der Waals surface area (Å²) in [6.07, 6.45) is 3.12. The molecule has 1 N–H and O–H groups in total. The first kappa shape index (κ1) is 29.6. The molecule has 214 valence electrons. The van der Waals surface area contributed by atoms with Gasteiger partial charge in [-0.2, -0.15) is 13.2 Å². The monoisotopic (exact) mass is 562 g/mol. The zero-order chi connectivity index (χ0) is 28.0. The number of carbonyl (C=O) groups is 1. The lowest BCUT2D eigenvalue weighted by atomic mass is 9.87. The number of halogens is 3. The Morgan fingerprint density at radius 3 is 2.08 bits per heavy atom. The molecule has 2 heterocycles. The van der Waals surface area contributed by atoms with E-state index in [0.29, 0.717) is 19.5 Å². The molecule has 0 aromatic heterocycles. The van der Waals surface area contributed by atoms with E-state index in [1.165, 1.54) is 23.4 Å². The van der Waals surface area contributed by atoms with E-state index in [9.17, 15) is 18.0 Å². The fourth-order valence-corrected chi connectivity index (χ4v) is 5.82. The molecule has 2 saturated heterocycles. The van der Waals surface area contributed by atoms with Crippen molar-refractivity contribution < 1.29 is 18.0 Å². The molecule has 2 aromatic carbocycles. The molecule has 2 aliphatic heterocycles. The van der Waals surface area contributed by atoms with Gasteiger partial charge in [0.1, 0.15) is 0 Å². The van der Waals surface area contributed by atoms with Crippen molar-refractivity contribution in [3.8, 4) is 0 Å². The molecule has 0 saturated carbocycles. The van der Waals surface area contributed by atoms with Crippen LogP contribution in [0.4, 0.5) is 24.5 Å². The summed E-state index contributed by atoms with van der Waals surface area (Å²) in [5.41, 5.74) is -0.658. The predicted octanol–water partition coefficient (Wildman–Crippen LogP) is 6.60. The Morgan fingerprint density at radius 1 is 0.897 bits per heavy atom. The van der Waals surface area contributed by atoms with Crippen LogP contribution in [-0.4, -0.2) is 73.1 Å². The van der Waals surface area contributed by atoms with Gasteiger partial charge in [0.05, 0.1) is 0 Å². The molecule has 0 spiro atoms. The Balaban J connectivity index is 1.11. The van der Waals surface area contributed by atoms with E-state index in [1.807, 2.05) is 4.90 Å². The Kier molecular flexibility index (Phi) is 9.75. The third kappa shape index (κ3) is 9.07. The smallest absolute Gasteiger partial charge is 0.382 e. The van der Waals surface area contributed by atoms with Gasteiger partial charge in [0.2, 0.25) is 5.91 Å². The Labute approximate surface area is 235 Å². The predicted molar refractivity (Wildman–Crippen MR) is 155 cm³/mol. The first-order chi connectivity index (χ1) is 18.5. The maximum atomic E-state index is 12.8. The highest BCUT2D eigenvalue weighted by Crippen LogP contribution is 2.37. The maximum absolute atomic E-state index is 12.8. The second-order valence-electron chi connectivity index (χ2n) is 11.6. The summed E-state index contributed by atoms with van der Waals surface area (Å²) in [7, 11) is 0. The number of piperazine rings is 1. The van der Waals surface area contributed by atoms with E-state index < -0.39 is 5.51 Å². The number of thioether (sulfide) groups is 1. The minimum absolute atomic E-state index is 0.103. The summed E-state index contributed by atoms with van der Waals surface area (Å²) < 4.78 is 37.5. The molecule has 5 nitrogen and oxygen atoms in total. The minimum atomic E-state index is -4.28. The third-order valence-electron chi connectivity index (χ3n) is 7.64. The van der Waals surface area contributed by atoms with E-state index in [-0.39, 0.29) is 34.0 Å². The molecule has 0 radical (unpaired) electrons. The van der Waals surface area contributed by atoms with E-state index in [1.54, 1.807) is 12.1 Å². The summed E-state index contributed by atoms with van der Waals surface area (Å²) in [6, 6.07) is 15.5. The zero-order valence-corrected chi connectivity index (χ0v) is 24.1. The highest BCUT2D eigenvalue weighted by molar-refractivity contribution is 8.00. The fourth-order valence-electron chi connectivity index (χ4n) is 5.28. The summed E-state index contributed by atoms with van der Waals surface area (Å²) in [5, 5.41) is 3.40. The van der Waals surface area contributed by atoms with Crippen LogP contribution in [0.3, 0.4) is 0 Å². The highest BCUT2D eigenvalue weighted by Gasteiger charge is 2.29. The Bertz CT molecular complexity index is 1050. The normalized spacial score (nSPS) is 17.9. The van der Waals surface area contributed by atoms with Gasteiger partial charge in [-0.15, -0.1) is 0 Å². The van der Waals surface area contributed by atoms with E-state index in [0.717, 1.165) is 57.7 Å². The number of benzene rings is 2.